The number of nitrogens with zero attached hydrogens (tertiary/aromatic N) is 1. The van der Waals surface area contributed by atoms with Crippen LogP contribution in [0.3, 0.4) is 0 Å². The van der Waals surface area contributed by atoms with Gasteiger partial charge in [0, 0.05) is 5.02 Å². The van der Waals surface area contributed by atoms with E-state index in [9.17, 15) is 19.2 Å². The van der Waals surface area contributed by atoms with Crippen LogP contribution in [0.15, 0.2) is 18.2 Å². The molecule has 2 saturated heterocycles. The number of amides is 2. The van der Waals surface area contributed by atoms with E-state index in [1.807, 2.05) is 13.8 Å². The molecule has 0 saturated carbocycles. The van der Waals surface area contributed by atoms with E-state index >= 15 is 0 Å². The highest BCUT2D eigenvalue weighted by Crippen LogP contribution is 2.21. The van der Waals surface area contributed by atoms with Gasteiger partial charge in [-0.05, 0) is 37.6 Å². The maximum atomic E-state index is 12.7. The van der Waals surface area contributed by atoms with E-state index < -0.39 is 48.9 Å². The standard InChI is InChI=1S/C21H26BCl2N3O7/c1-11(2)6-17(22-33-20(30)15-9-32-10-16(27(15)3)21(31)34-22)26-18(28)8-25-19(29)13-7-12(23)4-5-14(13)24/h4-5,7,11,15-17H,6,8-10H2,1-3H3,(H,25,29)(H,26,28)/t15-,16-,17-/m0/s1. The summed E-state index contributed by atoms with van der Waals surface area (Å²) >= 11 is 11.9. The molecule has 1 aromatic rings. The van der Waals surface area contributed by atoms with Gasteiger partial charge in [-0.1, -0.05) is 37.0 Å². The zero-order chi connectivity index (χ0) is 25.0. The predicted octanol–water partition coefficient (Wildman–Crippen LogP) is 1.08. The first-order chi connectivity index (χ1) is 16.1. The second-order valence-corrected chi connectivity index (χ2v) is 9.43. The third-order valence-electron chi connectivity index (χ3n) is 5.53. The van der Waals surface area contributed by atoms with E-state index in [4.69, 9.17) is 37.2 Å². The maximum absolute atomic E-state index is 12.7. The average molecular weight is 514 g/mol. The molecule has 2 aliphatic heterocycles. The molecule has 34 heavy (non-hydrogen) atoms. The Hall–Kier alpha value is -2.34. The Morgan fingerprint density at radius 3 is 2.35 bits per heavy atom. The number of ether oxygens (including phenoxy) is 1. The highest BCUT2D eigenvalue weighted by molar-refractivity contribution is 6.51. The lowest BCUT2D eigenvalue weighted by molar-refractivity contribution is -0.166. The van der Waals surface area contributed by atoms with Gasteiger partial charge in [0.1, 0.15) is 12.1 Å². The Kier molecular flexibility index (Phi) is 8.80. The predicted molar refractivity (Wildman–Crippen MR) is 124 cm³/mol. The minimum Gasteiger partial charge on any atom is -0.497 e. The molecular formula is C21H26BCl2N3O7. The van der Waals surface area contributed by atoms with Crippen LogP contribution in [-0.4, -0.2) is 80.6 Å². The van der Waals surface area contributed by atoms with Crippen LogP contribution in [0.25, 0.3) is 0 Å². The van der Waals surface area contributed by atoms with Crippen LogP contribution >= 0.6 is 23.2 Å². The van der Waals surface area contributed by atoms with Gasteiger partial charge in [0.05, 0.1) is 36.3 Å². The van der Waals surface area contributed by atoms with Crippen molar-refractivity contribution in [2.24, 2.45) is 5.92 Å². The molecule has 1 aromatic carbocycles. The van der Waals surface area contributed by atoms with Gasteiger partial charge in [-0.15, -0.1) is 0 Å². The summed E-state index contributed by atoms with van der Waals surface area (Å²) in [5, 5.41) is 5.69. The van der Waals surface area contributed by atoms with Crippen LogP contribution < -0.4 is 10.6 Å². The molecule has 0 aromatic heterocycles. The summed E-state index contributed by atoms with van der Waals surface area (Å²) < 4.78 is 16.3. The van der Waals surface area contributed by atoms with Crippen molar-refractivity contribution in [1.29, 1.82) is 0 Å². The van der Waals surface area contributed by atoms with E-state index in [1.54, 1.807) is 18.0 Å². The summed E-state index contributed by atoms with van der Waals surface area (Å²) in [6.07, 6.45) is 0.354. The van der Waals surface area contributed by atoms with Crippen molar-refractivity contribution in [3.05, 3.63) is 33.8 Å². The van der Waals surface area contributed by atoms with Crippen LogP contribution in [0.1, 0.15) is 30.6 Å². The number of halogens is 2. The molecule has 0 aliphatic carbocycles. The van der Waals surface area contributed by atoms with E-state index in [0.29, 0.717) is 11.4 Å². The van der Waals surface area contributed by atoms with Gasteiger partial charge in [-0.25, -0.2) is 0 Å². The van der Waals surface area contributed by atoms with Crippen LogP contribution in [-0.2, 0) is 28.4 Å². The molecule has 13 heteroatoms. The molecule has 184 valence electrons. The maximum Gasteiger partial charge on any atom is 0.622 e. The molecular weight excluding hydrogens is 488 g/mol. The Morgan fingerprint density at radius 2 is 1.76 bits per heavy atom. The van der Waals surface area contributed by atoms with Crippen molar-refractivity contribution in [3.63, 3.8) is 0 Å². The van der Waals surface area contributed by atoms with Gasteiger partial charge in [-0.2, -0.15) is 0 Å². The van der Waals surface area contributed by atoms with Crippen molar-refractivity contribution in [2.45, 2.75) is 38.3 Å². The summed E-state index contributed by atoms with van der Waals surface area (Å²) in [6, 6.07) is 2.90. The monoisotopic (exact) mass is 513 g/mol. The number of likely N-dealkylation sites (N-methyl/N-ethyl adjacent to an activating group) is 1. The fraction of sp³-hybridized carbons (Fsp3) is 0.524. The SMILES string of the molecule is CC(C)C[C@H](NC(=O)CNC(=O)c1cc(Cl)ccc1Cl)B1OC(=O)[C@@H]2COC[C@@H](C(=O)O1)N2C. The van der Waals surface area contributed by atoms with Crippen molar-refractivity contribution < 1.29 is 33.2 Å². The Morgan fingerprint density at radius 1 is 1.15 bits per heavy atom. The van der Waals surface area contributed by atoms with E-state index in [-0.39, 0.29) is 36.3 Å². The number of benzene rings is 1. The van der Waals surface area contributed by atoms with Crippen molar-refractivity contribution >= 4 is 54.1 Å². The normalized spacial score (nSPS) is 21.8. The smallest absolute Gasteiger partial charge is 0.497 e. The average Bonchev–Trinajstić information content (AvgIpc) is 2.77. The van der Waals surface area contributed by atoms with Gasteiger partial charge in [0.25, 0.3) is 5.91 Å². The lowest BCUT2D eigenvalue weighted by Crippen LogP contribution is -2.63. The number of carbonyl (C=O) groups is 4. The summed E-state index contributed by atoms with van der Waals surface area (Å²) in [4.78, 5) is 52.0. The van der Waals surface area contributed by atoms with Crippen LogP contribution in [0, 0.1) is 5.92 Å². The lowest BCUT2D eigenvalue weighted by Gasteiger charge is -2.40. The first-order valence-corrected chi connectivity index (χ1v) is 11.6. The quantitative estimate of drug-likeness (QED) is 0.519. The first-order valence-electron chi connectivity index (χ1n) is 10.8. The number of morpholine rings is 1. The van der Waals surface area contributed by atoms with Crippen LogP contribution in [0.2, 0.25) is 10.0 Å². The minimum atomic E-state index is -1.32. The third-order valence-corrected chi connectivity index (χ3v) is 6.09. The fourth-order valence-corrected chi connectivity index (χ4v) is 4.09. The van der Waals surface area contributed by atoms with Gasteiger partial charge in [0.2, 0.25) is 5.91 Å². The van der Waals surface area contributed by atoms with Crippen LogP contribution in [0.5, 0.6) is 0 Å². The second kappa shape index (κ2) is 11.4. The summed E-state index contributed by atoms with van der Waals surface area (Å²) in [5.74, 6) is -3.13. The Bertz CT molecular complexity index is 938. The van der Waals surface area contributed by atoms with E-state index in [2.05, 4.69) is 10.6 Å². The van der Waals surface area contributed by atoms with Gasteiger partial charge in [0.15, 0.2) is 0 Å². The molecule has 0 radical (unpaired) electrons. The van der Waals surface area contributed by atoms with Crippen molar-refractivity contribution in [2.75, 3.05) is 26.8 Å². The molecule has 2 amide bonds. The zero-order valence-corrected chi connectivity index (χ0v) is 20.5. The molecule has 2 N–H and O–H groups in total. The minimum absolute atomic E-state index is 0.0681. The zero-order valence-electron chi connectivity index (χ0n) is 19.0. The topological polar surface area (TPSA) is 123 Å². The van der Waals surface area contributed by atoms with Crippen LogP contribution in [0.4, 0.5) is 0 Å². The molecule has 10 nitrogen and oxygen atoms in total. The van der Waals surface area contributed by atoms with Gasteiger partial charge in [-0.3, -0.25) is 24.1 Å². The second-order valence-electron chi connectivity index (χ2n) is 8.59. The van der Waals surface area contributed by atoms with E-state index in [1.165, 1.54) is 12.1 Å². The van der Waals surface area contributed by atoms with Gasteiger partial charge >= 0.3 is 19.1 Å². The molecule has 2 heterocycles. The summed E-state index contributed by atoms with van der Waals surface area (Å²) in [5.41, 5.74) is 0.126. The van der Waals surface area contributed by atoms with Gasteiger partial charge < -0.3 is 24.7 Å². The number of rotatable bonds is 7. The highest BCUT2D eigenvalue weighted by atomic mass is 35.5. The largest absolute Gasteiger partial charge is 0.622 e. The molecule has 3 atom stereocenters. The molecule has 2 aliphatic rings. The number of carbonyl (C=O) groups excluding carboxylic acids is 4. The molecule has 3 rings (SSSR count). The lowest BCUT2D eigenvalue weighted by atomic mass is 9.73. The number of hydrogen-bond donors (Lipinski definition) is 2. The van der Waals surface area contributed by atoms with Crippen molar-refractivity contribution in [3.8, 4) is 0 Å². The molecule has 0 unspecified atom stereocenters. The molecule has 0 spiro atoms. The summed E-state index contributed by atoms with van der Waals surface area (Å²) in [6.45, 7) is 3.61. The number of nitrogens with one attached hydrogen (secondary N) is 2. The molecule has 2 bridgehead atoms. The van der Waals surface area contributed by atoms with Crippen molar-refractivity contribution in [1.82, 2.24) is 15.5 Å². The number of hydrogen-bond acceptors (Lipinski definition) is 8. The highest BCUT2D eigenvalue weighted by Gasteiger charge is 2.48. The Balaban J connectivity index is 1.68. The first kappa shape index (κ1) is 26.3. The fourth-order valence-electron chi connectivity index (χ4n) is 3.72. The molecule has 2 fully saturated rings. The summed E-state index contributed by atoms with van der Waals surface area (Å²) in [7, 11) is 0.310. The van der Waals surface area contributed by atoms with E-state index in [0.717, 1.165) is 0 Å². The Labute approximate surface area is 207 Å². The third kappa shape index (κ3) is 6.41. The number of fused-ring (bicyclic) bond motifs is 2.